The SMILES string of the molecule is Cc1cccc(C)c1OCC(=O)OCC(=O)NC1CC1. The van der Waals surface area contributed by atoms with Crippen molar-refractivity contribution in [2.24, 2.45) is 0 Å². The Balaban J connectivity index is 1.73. The van der Waals surface area contributed by atoms with Crippen LogP contribution in [0, 0.1) is 13.8 Å². The van der Waals surface area contributed by atoms with Crippen LogP contribution in [0.25, 0.3) is 0 Å². The van der Waals surface area contributed by atoms with Gasteiger partial charge in [-0.25, -0.2) is 4.79 Å². The van der Waals surface area contributed by atoms with Crippen LogP contribution < -0.4 is 10.1 Å². The Morgan fingerprint density at radius 3 is 2.45 bits per heavy atom. The van der Waals surface area contributed by atoms with Crippen LogP contribution >= 0.6 is 0 Å². The number of nitrogens with one attached hydrogen (secondary N) is 1. The van der Waals surface area contributed by atoms with Gasteiger partial charge in [-0.2, -0.15) is 0 Å². The number of amides is 1. The summed E-state index contributed by atoms with van der Waals surface area (Å²) in [5, 5.41) is 2.74. The Morgan fingerprint density at radius 1 is 1.20 bits per heavy atom. The highest BCUT2D eigenvalue weighted by Crippen LogP contribution is 2.22. The number of carbonyl (C=O) groups is 2. The summed E-state index contributed by atoms with van der Waals surface area (Å²) >= 11 is 0. The molecule has 0 radical (unpaired) electrons. The Hall–Kier alpha value is -2.04. The number of para-hydroxylation sites is 1. The van der Waals surface area contributed by atoms with Gasteiger partial charge in [0.15, 0.2) is 13.2 Å². The lowest BCUT2D eigenvalue weighted by molar-refractivity contribution is -0.150. The highest BCUT2D eigenvalue weighted by Gasteiger charge is 2.23. The lowest BCUT2D eigenvalue weighted by atomic mass is 10.1. The summed E-state index contributed by atoms with van der Waals surface area (Å²) in [6.07, 6.45) is 2.02. The second-order valence-corrected chi connectivity index (χ2v) is 5.01. The van der Waals surface area contributed by atoms with Gasteiger partial charge >= 0.3 is 5.97 Å². The zero-order valence-electron chi connectivity index (χ0n) is 11.8. The van der Waals surface area contributed by atoms with E-state index < -0.39 is 5.97 Å². The maximum Gasteiger partial charge on any atom is 0.344 e. The maximum atomic E-state index is 11.5. The van der Waals surface area contributed by atoms with E-state index >= 15 is 0 Å². The zero-order chi connectivity index (χ0) is 14.5. The molecule has 5 nitrogen and oxygen atoms in total. The molecule has 1 aromatic carbocycles. The fourth-order valence-electron chi connectivity index (χ4n) is 1.84. The molecule has 1 aliphatic rings. The van der Waals surface area contributed by atoms with E-state index in [4.69, 9.17) is 9.47 Å². The molecule has 1 N–H and O–H groups in total. The number of esters is 1. The van der Waals surface area contributed by atoms with Crippen LogP contribution in [-0.4, -0.2) is 31.1 Å². The Labute approximate surface area is 118 Å². The molecule has 0 aliphatic heterocycles. The summed E-state index contributed by atoms with van der Waals surface area (Å²) in [6, 6.07) is 6.03. The first-order valence-corrected chi connectivity index (χ1v) is 6.70. The fourth-order valence-corrected chi connectivity index (χ4v) is 1.84. The Bertz CT molecular complexity index is 488. The minimum absolute atomic E-state index is 0.192. The summed E-state index contributed by atoms with van der Waals surface area (Å²) in [5.74, 6) is -0.113. The summed E-state index contributed by atoms with van der Waals surface area (Å²) in [6.45, 7) is 3.39. The predicted molar refractivity (Wildman–Crippen MR) is 73.5 cm³/mol. The van der Waals surface area contributed by atoms with Crippen LogP contribution in [0.15, 0.2) is 18.2 Å². The molecule has 1 aromatic rings. The van der Waals surface area contributed by atoms with Crippen molar-refractivity contribution in [1.29, 1.82) is 0 Å². The molecule has 20 heavy (non-hydrogen) atoms. The van der Waals surface area contributed by atoms with Gasteiger partial charge in [0.05, 0.1) is 0 Å². The van der Waals surface area contributed by atoms with Crippen LogP contribution in [0.4, 0.5) is 0 Å². The third-order valence-electron chi connectivity index (χ3n) is 3.05. The van der Waals surface area contributed by atoms with Gasteiger partial charge in [-0.3, -0.25) is 4.79 Å². The minimum atomic E-state index is -0.543. The van der Waals surface area contributed by atoms with Crippen LogP contribution in [0.5, 0.6) is 5.75 Å². The highest BCUT2D eigenvalue weighted by molar-refractivity contribution is 5.81. The third-order valence-corrected chi connectivity index (χ3v) is 3.05. The van der Waals surface area contributed by atoms with E-state index in [-0.39, 0.29) is 25.2 Å². The second-order valence-electron chi connectivity index (χ2n) is 5.01. The van der Waals surface area contributed by atoms with E-state index in [1.807, 2.05) is 32.0 Å². The molecule has 1 saturated carbocycles. The van der Waals surface area contributed by atoms with E-state index in [0.717, 1.165) is 24.0 Å². The largest absolute Gasteiger partial charge is 0.481 e. The molecule has 1 fully saturated rings. The van der Waals surface area contributed by atoms with Gasteiger partial charge < -0.3 is 14.8 Å². The van der Waals surface area contributed by atoms with Crippen molar-refractivity contribution in [2.75, 3.05) is 13.2 Å². The van der Waals surface area contributed by atoms with Crippen molar-refractivity contribution in [3.05, 3.63) is 29.3 Å². The average molecular weight is 277 g/mol. The van der Waals surface area contributed by atoms with Gasteiger partial charge in [0.25, 0.3) is 5.91 Å². The monoisotopic (exact) mass is 277 g/mol. The predicted octanol–water partition coefficient (Wildman–Crippen LogP) is 1.50. The first-order chi connectivity index (χ1) is 9.56. The smallest absolute Gasteiger partial charge is 0.344 e. The van der Waals surface area contributed by atoms with E-state index in [0.29, 0.717) is 5.75 Å². The minimum Gasteiger partial charge on any atom is -0.481 e. The Kier molecular flexibility index (Phi) is 4.61. The maximum absolute atomic E-state index is 11.5. The number of hydrogen-bond acceptors (Lipinski definition) is 4. The van der Waals surface area contributed by atoms with Crippen LogP contribution in [-0.2, 0) is 14.3 Å². The summed E-state index contributed by atoms with van der Waals surface area (Å²) in [5.41, 5.74) is 1.92. The number of ether oxygens (including phenoxy) is 2. The van der Waals surface area contributed by atoms with Crippen molar-refractivity contribution >= 4 is 11.9 Å². The molecule has 0 saturated heterocycles. The summed E-state index contributed by atoms with van der Waals surface area (Å²) in [7, 11) is 0. The van der Waals surface area contributed by atoms with Crippen LogP contribution in [0.3, 0.4) is 0 Å². The number of aryl methyl sites for hydroxylation is 2. The van der Waals surface area contributed by atoms with Crippen LogP contribution in [0.1, 0.15) is 24.0 Å². The average Bonchev–Trinajstić information content (AvgIpc) is 3.19. The van der Waals surface area contributed by atoms with Gasteiger partial charge in [-0.05, 0) is 37.8 Å². The van der Waals surface area contributed by atoms with Gasteiger partial charge in [0.1, 0.15) is 5.75 Å². The van der Waals surface area contributed by atoms with Crippen molar-refractivity contribution in [3.8, 4) is 5.75 Å². The molecule has 2 rings (SSSR count). The molecule has 0 unspecified atom stereocenters. The molecule has 0 heterocycles. The summed E-state index contributed by atoms with van der Waals surface area (Å²) < 4.78 is 10.3. The van der Waals surface area contributed by atoms with E-state index in [1.165, 1.54) is 0 Å². The lowest BCUT2D eigenvalue weighted by Gasteiger charge is -2.11. The molecular weight excluding hydrogens is 258 g/mol. The third kappa shape index (κ3) is 4.26. The standard InChI is InChI=1S/C15H19NO4/c1-10-4-3-5-11(2)15(10)20-9-14(18)19-8-13(17)16-12-6-7-12/h3-5,12H,6-9H2,1-2H3,(H,16,17). The highest BCUT2D eigenvalue weighted by atomic mass is 16.6. The number of rotatable bonds is 6. The molecule has 108 valence electrons. The zero-order valence-corrected chi connectivity index (χ0v) is 11.8. The van der Waals surface area contributed by atoms with Crippen molar-refractivity contribution in [1.82, 2.24) is 5.32 Å². The number of carbonyl (C=O) groups excluding carboxylic acids is 2. The van der Waals surface area contributed by atoms with Crippen LogP contribution in [0.2, 0.25) is 0 Å². The normalized spacial score (nSPS) is 13.7. The summed E-state index contributed by atoms with van der Waals surface area (Å²) in [4.78, 5) is 22.9. The van der Waals surface area contributed by atoms with Gasteiger partial charge in [-0.1, -0.05) is 18.2 Å². The molecule has 5 heteroatoms. The first-order valence-electron chi connectivity index (χ1n) is 6.70. The van der Waals surface area contributed by atoms with Gasteiger partial charge in [0, 0.05) is 6.04 Å². The van der Waals surface area contributed by atoms with E-state index in [2.05, 4.69) is 5.32 Å². The fraction of sp³-hybridized carbons (Fsp3) is 0.467. The molecule has 1 aliphatic carbocycles. The first kappa shape index (κ1) is 14.4. The molecule has 0 bridgehead atoms. The van der Waals surface area contributed by atoms with E-state index in [1.54, 1.807) is 0 Å². The lowest BCUT2D eigenvalue weighted by Crippen LogP contribution is -2.31. The van der Waals surface area contributed by atoms with Gasteiger partial charge in [0.2, 0.25) is 0 Å². The molecule has 0 aromatic heterocycles. The molecule has 0 atom stereocenters. The topological polar surface area (TPSA) is 64.6 Å². The quantitative estimate of drug-likeness (QED) is 0.800. The number of benzene rings is 1. The van der Waals surface area contributed by atoms with E-state index in [9.17, 15) is 9.59 Å². The molecule has 1 amide bonds. The van der Waals surface area contributed by atoms with Crippen molar-refractivity contribution in [3.63, 3.8) is 0 Å². The number of hydrogen-bond donors (Lipinski definition) is 1. The second kappa shape index (κ2) is 6.41. The Morgan fingerprint density at radius 2 is 1.85 bits per heavy atom. The van der Waals surface area contributed by atoms with Crippen molar-refractivity contribution < 1.29 is 19.1 Å². The molecular formula is C15H19NO4. The van der Waals surface area contributed by atoms with Gasteiger partial charge in [-0.15, -0.1) is 0 Å². The van der Waals surface area contributed by atoms with Crippen molar-refractivity contribution in [2.45, 2.75) is 32.7 Å². The molecule has 0 spiro atoms.